The smallest absolute Gasteiger partial charge is 0.311 e. The number of methoxy groups -OCH3 is 1. The fraction of sp³-hybridized carbons (Fsp3) is 0.333. The SMILES string of the molecule is COC(=O)Cc1csc(F)n1. The first-order valence-electron chi connectivity index (χ1n) is 2.89. The van der Waals surface area contributed by atoms with E-state index in [9.17, 15) is 9.18 Å². The van der Waals surface area contributed by atoms with Crippen LogP contribution in [0.3, 0.4) is 0 Å². The average molecular weight is 175 g/mol. The Morgan fingerprint density at radius 2 is 2.64 bits per heavy atom. The molecule has 1 rings (SSSR count). The van der Waals surface area contributed by atoms with Crippen LogP contribution in [0.25, 0.3) is 0 Å². The van der Waals surface area contributed by atoms with E-state index in [1.54, 1.807) is 0 Å². The number of nitrogens with zero attached hydrogens (tertiary/aromatic N) is 1. The van der Waals surface area contributed by atoms with Gasteiger partial charge < -0.3 is 4.74 Å². The predicted octanol–water partition coefficient (Wildman–Crippen LogP) is 0.998. The average Bonchev–Trinajstić information content (AvgIpc) is 2.35. The summed E-state index contributed by atoms with van der Waals surface area (Å²) in [7, 11) is 1.28. The number of esters is 1. The van der Waals surface area contributed by atoms with Crippen molar-refractivity contribution in [3.05, 3.63) is 16.3 Å². The van der Waals surface area contributed by atoms with Gasteiger partial charge in [-0.2, -0.15) is 4.39 Å². The van der Waals surface area contributed by atoms with Crippen molar-refractivity contribution < 1.29 is 13.9 Å². The minimum absolute atomic E-state index is 0.0386. The normalized spacial score (nSPS) is 9.64. The van der Waals surface area contributed by atoms with Gasteiger partial charge in [-0.1, -0.05) is 11.3 Å². The van der Waals surface area contributed by atoms with E-state index >= 15 is 0 Å². The van der Waals surface area contributed by atoms with E-state index in [0.29, 0.717) is 5.69 Å². The number of rotatable bonds is 2. The summed E-state index contributed by atoms with van der Waals surface area (Å²) in [6.07, 6.45) is 0.0386. The summed E-state index contributed by atoms with van der Waals surface area (Å²) in [6.45, 7) is 0. The molecule has 60 valence electrons. The standard InChI is InChI=1S/C6H6FNO2S/c1-10-5(9)2-4-3-11-6(7)8-4/h3H,2H2,1H3. The van der Waals surface area contributed by atoms with Gasteiger partial charge in [-0.05, 0) is 0 Å². The first-order valence-corrected chi connectivity index (χ1v) is 3.77. The van der Waals surface area contributed by atoms with Crippen LogP contribution < -0.4 is 0 Å². The largest absolute Gasteiger partial charge is 0.469 e. The van der Waals surface area contributed by atoms with Gasteiger partial charge in [0.2, 0.25) is 0 Å². The maximum Gasteiger partial charge on any atom is 0.311 e. The minimum atomic E-state index is -0.524. The van der Waals surface area contributed by atoms with Crippen LogP contribution in [0.1, 0.15) is 5.69 Å². The molecule has 0 saturated heterocycles. The van der Waals surface area contributed by atoms with Gasteiger partial charge in [0.1, 0.15) is 0 Å². The Labute approximate surface area is 66.8 Å². The van der Waals surface area contributed by atoms with E-state index in [-0.39, 0.29) is 6.42 Å². The Hall–Kier alpha value is -0.970. The third-order valence-electron chi connectivity index (χ3n) is 1.08. The summed E-state index contributed by atoms with van der Waals surface area (Å²) in [5.74, 6) is -0.407. The number of halogens is 1. The molecule has 0 unspecified atom stereocenters. The van der Waals surface area contributed by atoms with Crippen LogP contribution in [-0.2, 0) is 16.0 Å². The monoisotopic (exact) mass is 175 g/mol. The third-order valence-corrected chi connectivity index (χ3v) is 1.75. The molecule has 1 aromatic heterocycles. The first kappa shape index (κ1) is 8.13. The van der Waals surface area contributed by atoms with Gasteiger partial charge >= 0.3 is 5.97 Å². The highest BCUT2D eigenvalue weighted by Gasteiger charge is 2.06. The third kappa shape index (κ3) is 2.27. The van der Waals surface area contributed by atoms with Crippen molar-refractivity contribution in [1.82, 2.24) is 4.98 Å². The van der Waals surface area contributed by atoms with Gasteiger partial charge in [-0.15, -0.1) is 0 Å². The van der Waals surface area contributed by atoms with Gasteiger partial charge in [0.05, 0.1) is 19.2 Å². The molecule has 0 aliphatic carbocycles. The molecule has 5 heteroatoms. The molecule has 1 aromatic rings. The van der Waals surface area contributed by atoms with E-state index in [2.05, 4.69) is 9.72 Å². The number of carbonyl (C=O) groups excluding carboxylic acids is 1. The quantitative estimate of drug-likeness (QED) is 0.629. The molecular weight excluding hydrogens is 169 g/mol. The number of thiazole rings is 1. The van der Waals surface area contributed by atoms with Gasteiger partial charge in [-0.25, -0.2) is 4.98 Å². The van der Waals surface area contributed by atoms with Gasteiger partial charge in [0.25, 0.3) is 5.26 Å². The second-order valence-corrected chi connectivity index (χ2v) is 2.65. The van der Waals surface area contributed by atoms with Gasteiger partial charge in [0.15, 0.2) is 0 Å². The minimum Gasteiger partial charge on any atom is -0.469 e. The van der Waals surface area contributed by atoms with Crippen LogP contribution in [0.4, 0.5) is 4.39 Å². The molecule has 0 aliphatic rings. The highest BCUT2D eigenvalue weighted by atomic mass is 32.1. The molecule has 0 atom stereocenters. The molecule has 0 N–H and O–H groups in total. The van der Waals surface area contributed by atoms with Crippen molar-refractivity contribution in [2.45, 2.75) is 6.42 Å². The Balaban J connectivity index is 2.57. The molecule has 0 aliphatic heterocycles. The number of ether oxygens (including phenoxy) is 1. The Kier molecular flexibility index (Phi) is 2.53. The van der Waals surface area contributed by atoms with Crippen LogP contribution >= 0.6 is 11.3 Å². The van der Waals surface area contributed by atoms with Crippen LogP contribution in [0.5, 0.6) is 0 Å². The van der Waals surface area contributed by atoms with Crippen LogP contribution in [0, 0.1) is 5.26 Å². The van der Waals surface area contributed by atoms with E-state index in [1.165, 1.54) is 12.5 Å². The van der Waals surface area contributed by atoms with Crippen molar-refractivity contribution in [2.75, 3.05) is 7.11 Å². The van der Waals surface area contributed by atoms with E-state index < -0.39 is 11.2 Å². The maximum atomic E-state index is 12.2. The number of aromatic nitrogens is 1. The molecule has 0 bridgehead atoms. The topological polar surface area (TPSA) is 39.2 Å². The molecule has 11 heavy (non-hydrogen) atoms. The number of hydrogen-bond acceptors (Lipinski definition) is 4. The van der Waals surface area contributed by atoms with Crippen LogP contribution in [0.15, 0.2) is 5.38 Å². The molecule has 0 saturated carbocycles. The fourth-order valence-electron chi connectivity index (χ4n) is 0.584. The van der Waals surface area contributed by atoms with E-state index in [4.69, 9.17) is 0 Å². The molecule has 3 nitrogen and oxygen atoms in total. The summed E-state index contributed by atoms with van der Waals surface area (Å²) in [5, 5.41) is 0.968. The van der Waals surface area contributed by atoms with Crippen molar-refractivity contribution in [3.63, 3.8) is 0 Å². The van der Waals surface area contributed by atoms with Crippen molar-refractivity contribution in [1.29, 1.82) is 0 Å². The highest BCUT2D eigenvalue weighted by Crippen LogP contribution is 2.07. The summed E-state index contributed by atoms with van der Waals surface area (Å²) < 4.78 is 16.6. The predicted molar refractivity (Wildman–Crippen MR) is 37.8 cm³/mol. The second kappa shape index (κ2) is 3.43. The molecule has 0 fully saturated rings. The lowest BCUT2D eigenvalue weighted by molar-refractivity contribution is -0.139. The molecule has 0 spiro atoms. The molecular formula is C6H6FNO2S. The zero-order valence-corrected chi connectivity index (χ0v) is 6.65. The molecule has 0 aromatic carbocycles. The molecule has 0 radical (unpaired) electrons. The lowest BCUT2D eigenvalue weighted by Gasteiger charge is -1.92. The molecule has 0 amide bonds. The summed E-state index contributed by atoms with van der Waals surface area (Å²) in [5.41, 5.74) is 0.416. The summed E-state index contributed by atoms with van der Waals surface area (Å²) in [4.78, 5) is 14.1. The second-order valence-electron chi connectivity index (χ2n) is 1.84. The Morgan fingerprint density at radius 3 is 3.09 bits per heavy atom. The van der Waals surface area contributed by atoms with Crippen molar-refractivity contribution >= 4 is 17.3 Å². The van der Waals surface area contributed by atoms with E-state index in [0.717, 1.165) is 11.3 Å². The molecule has 1 heterocycles. The Bertz CT molecular complexity index is 261. The van der Waals surface area contributed by atoms with Crippen LogP contribution in [-0.4, -0.2) is 18.1 Å². The van der Waals surface area contributed by atoms with Gasteiger partial charge in [0, 0.05) is 5.38 Å². The first-order chi connectivity index (χ1) is 5.22. The maximum absolute atomic E-state index is 12.2. The summed E-state index contributed by atoms with van der Waals surface area (Å²) >= 11 is 0.871. The van der Waals surface area contributed by atoms with Crippen molar-refractivity contribution in [3.8, 4) is 0 Å². The fourth-order valence-corrected chi connectivity index (χ4v) is 1.12. The van der Waals surface area contributed by atoms with E-state index in [1.807, 2.05) is 0 Å². The zero-order valence-electron chi connectivity index (χ0n) is 5.83. The van der Waals surface area contributed by atoms with Gasteiger partial charge in [-0.3, -0.25) is 4.79 Å². The zero-order chi connectivity index (χ0) is 8.27. The number of carbonyl (C=O) groups is 1. The van der Waals surface area contributed by atoms with Crippen molar-refractivity contribution in [2.24, 2.45) is 0 Å². The lowest BCUT2D eigenvalue weighted by atomic mass is 10.3. The summed E-state index contributed by atoms with van der Waals surface area (Å²) in [6, 6.07) is 0. The highest BCUT2D eigenvalue weighted by molar-refractivity contribution is 7.08. The lowest BCUT2D eigenvalue weighted by Crippen LogP contribution is -2.04. The Morgan fingerprint density at radius 1 is 1.91 bits per heavy atom. The number of hydrogen-bond donors (Lipinski definition) is 0. The van der Waals surface area contributed by atoms with Crippen LogP contribution in [0.2, 0.25) is 0 Å².